The van der Waals surface area contributed by atoms with E-state index in [-0.39, 0.29) is 37.8 Å². The van der Waals surface area contributed by atoms with Crippen LogP contribution in [0.25, 0.3) is 0 Å². The van der Waals surface area contributed by atoms with Gasteiger partial charge in [0.15, 0.2) is 0 Å². The van der Waals surface area contributed by atoms with Crippen LogP contribution in [-0.2, 0) is 124 Å². The molecule has 2 aromatic carbocycles. The second kappa shape index (κ2) is 49.2. The third-order valence-corrected chi connectivity index (χ3v) is 18.4. The summed E-state index contributed by atoms with van der Waals surface area (Å²) in [6, 6.07) is -9.91. The minimum Gasteiger partial charge on any atom is -0.481 e. The van der Waals surface area contributed by atoms with Gasteiger partial charge in [0.1, 0.15) is 78.3 Å². The maximum absolute atomic E-state index is 14.9. The third kappa shape index (κ3) is 37.7. The van der Waals surface area contributed by atoms with Gasteiger partial charge in [-0.15, -0.1) is 0 Å². The summed E-state index contributed by atoms with van der Waals surface area (Å²) in [5.41, 5.74) is 5.58. The Morgan fingerprint density at radius 1 is 0.462 bits per heavy atom. The van der Waals surface area contributed by atoms with Crippen LogP contribution in [0.1, 0.15) is 148 Å². The smallest absolute Gasteiger partial charge is 0.446 e. The molecule has 0 aliphatic carbocycles. The van der Waals surface area contributed by atoms with Gasteiger partial charge in [0.25, 0.3) is 0 Å². The second-order valence-corrected chi connectivity index (χ2v) is 29.1. The highest BCUT2D eigenvalue weighted by Crippen LogP contribution is 2.24. The summed E-state index contributed by atoms with van der Waals surface area (Å²) in [6.07, 6.45) is -11.0. The predicted molar refractivity (Wildman–Crippen MR) is 404 cm³/mol. The van der Waals surface area contributed by atoms with Crippen LogP contribution in [0.3, 0.4) is 0 Å². The number of nitrogens with one attached hydrogen (secondary N) is 12. The molecule has 47 heteroatoms. The van der Waals surface area contributed by atoms with Gasteiger partial charge in [-0.2, -0.15) is 8.42 Å². The Morgan fingerprint density at radius 3 is 1.26 bits per heavy atom. The predicted octanol–water partition coefficient (Wildman–Crippen LogP) is -5.04. The molecule has 0 unspecified atom stereocenters. The summed E-state index contributed by atoms with van der Waals surface area (Å²) in [4.78, 5) is 278. The van der Waals surface area contributed by atoms with Gasteiger partial charge in [0.2, 0.25) is 82.7 Å². The number of carboxylic acid groups (broad SMARTS) is 7. The molecule has 1 fully saturated rings. The zero-order valence-electron chi connectivity index (χ0n) is 65.2. The lowest BCUT2D eigenvalue weighted by atomic mass is 9.96. The van der Waals surface area contributed by atoms with Crippen molar-refractivity contribution in [2.24, 2.45) is 17.6 Å². The number of hydrogen-bond acceptors (Lipinski definition) is 24. The van der Waals surface area contributed by atoms with E-state index in [2.05, 4.69) is 62.7 Å². The monoisotopic (exact) mass is 1700 g/mol. The molecule has 2 aromatic rings. The van der Waals surface area contributed by atoms with E-state index in [1.165, 1.54) is 43.3 Å². The molecule has 0 spiro atoms. The molecule has 0 radical (unpaired) electrons. The number of carbonyl (C=O) groups is 21. The van der Waals surface area contributed by atoms with Crippen LogP contribution in [0, 0.1) is 11.8 Å². The maximum Gasteiger partial charge on any atom is 0.446 e. The lowest BCUT2D eigenvalue weighted by molar-refractivity contribution is -0.144. The molecule has 119 heavy (non-hydrogen) atoms. The van der Waals surface area contributed by atoms with Crippen LogP contribution in [0.15, 0.2) is 54.6 Å². The summed E-state index contributed by atoms with van der Waals surface area (Å²) in [6.45, 7) is 5.98. The van der Waals surface area contributed by atoms with E-state index in [0.29, 0.717) is 5.56 Å². The molecule has 656 valence electrons. The molecule has 0 bridgehead atoms. The summed E-state index contributed by atoms with van der Waals surface area (Å²) >= 11 is 0. The van der Waals surface area contributed by atoms with E-state index in [4.69, 9.17) is 5.73 Å². The molecule has 1 aliphatic heterocycles. The quantitative estimate of drug-likeness (QED) is 0.0276. The molecule has 1 aliphatic rings. The fourth-order valence-electron chi connectivity index (χ4n) is 11.8. The number of primary amides is 1. The topological polar surface area (TPSA) is 737 Å². The second-order valence-electron chi connectivity index (χ2n) is 28.1. The fourth-order valence-corrected chi connectivity index (χ4v) is 12.2. The fraction of sp³-hybridized carbons (Fsp3) is 0.542. The van der Waals surface area contributed by atoms with Gasteiger partial charge in [-0.1, -0.05) is 76.6 Å². The molecule has 3 rings (SSSR count). The average molecular weight is 1710 g/mol. The van der Waals surface area contributed by atoms with Gasteiger partial charge in [0, 0.05) is 58.4 Å². The first kappa shape index (κ1) is 100. The maximum atomic E-state index is 14.9. The van der Waals surface area contributed by atoms with Gasteiger partial charge in [-0.05, 0) is 86.5 Å². The lowest BCUT2D eigenvalue weighted by Gasteiger charge is -2.33. The van der Waals surface area contributed by atoms with Crippen LogP contribution < -0.4 is 73.7 Å². The highest BCUT2D eigenvalue weighted by atomic mass is 32.3. The summed E-state index contributed by atoms with van der Waals surface area (Å²) in [5.74, 6) is -29.2. The molecular formula is C72H100N14O32S. The van der Waals surface area contributed by atoms with E-state index in [1.807, 2.05) is 5.32 Å². The van der Waals surface area contributed by atoms with E-state index in [1.54, 1.807) is 26.8 Å². The lowest BCUT2D eigenvalue weighted by Crippen LogP contribution is -2.61. The SMILES string of the molecule is CC[C@H](C)[C@H](NC(=O)[C@H](CCC(=O)O)NC(=O)[C@H](CCC(=O)O)NC(=O)[C@H](Cc1ccccc1)NC(=O)[C@H](CC(=O)O)NC(=O)CNC(=O)[C@H](CC(=O)O)NC(C)=O)C(=O)N1CCC[C@H]1C(=O)N[C@@H](CCC(=O)O)C(=O)N[C@@H](CCC(=O)O)C(=O)N[C@@H](Cc1ccc(OS(=O)(=O)O)cc1)C(=O)N[C@@H](CC(C)C)C(=O)N[C@@H](CCC(N)=O)C(=O)O. The van der Waals surface area contributed by atoms with Gasteiger partial charge < -0.3 is 114 Å². The molecule has 0 aromatic heterocycles. The highest BCUT2D eigenvalue weighted by Gasteiger charge is 2.43. The Balaban J connectivity index is 2.02. The number of rotatable bonds is 54. The number of carboxylic acids is 7. The number of carbonyl (C=O) groups excluding carboxylic acids is 14. The van der Waals surface area contributed by atoms with Crippen molar-refractivity contribution < 1.29 is 154 Å². The normalized spacial score (nSPS) is 15.4. The Hall–Kier alpha value is -13.0. The molecule has 1 saturated heterocycles. The van der Waals surface area contributed by atoms with Gasteiger partial charge in [-0.3, -0.25) is 100 Å². The van der Waals surface area contributed by atoms with Gasteiger partial charge in [-0.25, -0.2) is 4.79 Å². The zero-order chi connectivity index (χ0) is 89.7. The summed E-state index contributed by atoms with van der Waals surface area (Å²) in [5, 5.41) is 95.1. The van der Waals surface area contributed by atoms with Crippen molar-refractivity contribution in [1.82, 2.24) is 68.7 Å². The number of benzene rings is 2. The third-order valence-electron chi connectivity index (χ3n) is 18.0. The first-order valence-corrected chi connectivity index (χ1v) is 38.5. The number of likely N-dealkylation sites (tertiary alicyclic amines) is 1. The molecule has 0 saturated carbocycles. The van der Waals surface area contributed by atoms with Crippen LogP contribution in [-0.4, -0.2) is 264 Å². The standard InChI is InChI=1S/C72H100N14O32S/c1-6-36(4)60(85-65(106)44(22-27-57(96)97)78-62(103)41(19-24-54(90)91)79-67(108)47(30-38-11-8-7-9-12-38)84-69(110)50(33-59(100)101)76-53(89)34-74-61(102)49(32-58(98)99)75-37(5)87)71(112)86-28-10-13-51(86)70(111)80-43(21-26-56(94)95)63(104)77-42(20-25-55(92)93)64(105)83-48(31-39-14-16-40(17-15-39)118-119(115,116)117)68(109)82-46(29-35(2)3)66(107)81-45(72(113)114)18-23-52(73)88/h7-9,11-12,14-17,35-36,41-51,60H,6,10,13,18-34H2,1-5H3,(H2,73,88)(H,74,102)(H,75,87)(H,76,89)(H,77,104)(H,78,103)(H,79,108)(H,80,111)(H,81,107)(H,82,109)(H,83,105)(H,84,110)(H,85,106)(H,90,91)(H,92,93)(H,94,95)(H,96,97)(H,98,99)(H,100,101)(H,113,114)(H,115,116,117)/t36-,41-,42-,43-,44-,45-,46-,47-,48-,49-,50-,51-,60-/m0/s1. The minimum atomic E-state index is -5.05. The number of amides is 14. The van der Waals surface area contributed by atoms with E-state index in [9.17, 15) is 149 Å². The Kier molecular flexibility index (Phi) is 41.4. The van der Waals surface area contributed by atoms with Crippen molar-refractivity contribution in [2.75, 3.05) is 13.1 Å². The summed E-state index contributed by atoms with van der Waals surface area (Å²) < 4.78 is 36.6. The Labute approximate surface area is 679 Å². The molecule has 22 N–H and O–H groups in total. The molecule has 14 amide bonds. The van der Waals surface area contributed by atoms with Gasteiger partial charge >= 0.3 is 52.2 Å². The van der Waals surface area contributed by atoms with E-state index in [0.717, 1.165) is 24.0 Å². The van der Waals surface area contributed by atoms with Crippen molar-refractivity contribution >= 4 is 135 Å². The number of aliphatic carboxylic acids is 7. The first-order valence-electron chi connectivity index (χ1n) is 37.2. The molecule has 1 heterocycles. The van der Waals surface area contributed by atoms with Gasteiger partial charge in [0.05, 0.1) is 19.4 Å². The Bertz CT molecular complexity index is 4140. The van der Waals surface area contributed by atoms with Crippen LogP contribution in [0.4, 0.5) is 0 Å². The summed E-state index contributed by atoms with van der Waals surface area (Å²) in [7, 11) is -5.05. The van der Waals surface area contributed by atoms with Crippen molar-refractivity contribution in [3.63, 3.8) is 0 Å². The highest BCUT2D eigenvalue weighted by molar-refractivity contribution is 7.81. The number of hydrogen-bond donors (Lipinski definition) is 21. The van der Waals surface area contributed by atoms with Crippen LogP contribution in [0.2, 0.25) is 0 Å². The first-order chi connectivity index (χ1) is 55.7. The molecular weight excluding hydrogens is 1600 g/mol. The Morgan fingerprint density at radius 2 is 0.849 bits per heavy atom. The number of nitrogens with two attached hydrogens (primary N) is 1. The molecule has 13 atom stereocenters. The van der Waals surface area contributed by atoms with Crippen molar-refractivity contribution in [3.05, 3.63) is 65.7 Å². The number of nitrogens with zero attached hydrogens (tertiary/aromatic N) is 1. The van der Waals surface area contributed by atoms with Crippen LogP contribution in [0.5, 0.6) is 5.75 Å². The van der Waals surface area contributed by atoms with Crippen molar-refractivity contribution in [3.8, 4) is 5.75 Å². The largest absolute Gasteiger partial charge is 0.481 e. The molecule has 46 nitrogen and oxygen atoms in total. The van der Waals surface area contributed by atoms with Crippen molar-refractivity contribution in [2.45, 2.75) is 223 Å². The van der Waals surface area contributed by atoms with Crippen molar-refractivity contribution in [1.29, 1.82) is 0 Å². The van der Waals surface area contributed by atoms with E-state index < -0.39 is 321 Å². The van der Waals surface area contributed by atoms with Crippen LogP contribution >= 0.6 is 0 Å². The zero-order valence-corrected chi connectivity index (χ0v) is 66.0. The minimum absolute atomic E-state index is 0.0491. The average Bonchev–Trinajstić information content (AvgIpc) is 1.73. The van der Waals surface area contributed by atoms with E-state index >= 15 is 0 Å².